The lowest BCUT2D eigenvalue weighted by Gasteiger charge is -2.11. The Balaban J connectivity index is 1.82. The largest absolute Gasteiger partial charge is 0.345 e. The molecule has 0 atom stereocenters. The number of carbonyl (C=O) groups is 2. The van der Waals surface area contributed by atoms with Crippen molar-refractivity contribution in [3.8, 4) is 0 Å². The molecule has 0 bridgehead atoms. The van der Waals surface area contributed by atoms with Crippen molar-refractivity contribution in [1.29, 1.82) is 0 Å². The van der Waals surface area contributed by atoms with E-state index < -0.39 is 0 Å². The number of anilines is 1. The number of carbonyl (C=O) groups excluding carboxylic acids is 2. The zero-order chi connectivity index (χ0) is 17.5. The summed E-state index contributed by atoms with van der Waals surface area (Å²) in [5.74, 6) is -0.0204. The Bertz CT molecular complexity index is 717. The van der Waals surface area contributed by atoms with E-state index in [1.807, 2.05) is 0 Å². The average Bonchev–Trinajstić information content (AvgIpc) is 2.56. The average molecular weight is 346 g/mol. The third-order valence-corrected chi connectivity index (χ3v) is 4.30. The molecule has 0 aliphatic heterocycles. The molecule has 0 radical (unpaired) electrons. The molecule has 2 aromatic carbocycles. The van der Waals surface area contributed by atoms with E-state index in [0.29, 0.717) is 21.9 Å². The van der Waals surface area contributed by atoms with E-state index in [2.05, 4.69) is 5.32 Å². The highest BCUT2D eigenvalue weighted by Crippen LogP contribution is 2.22. The number of thioether (sulfide) groups is 1. The summed E-state index contributed by atoms with van der Waals surface area (Å²) in [4.78, 5) is 25.7. The first-order chi connectivity index (χ1) is 11.5. The van der Waals surface area contributed by atoms with Gasteiger partial charge in [-0.05, 0) is 36.4 Å². The van der Waals surface area contributed by atoms with Gasteiger partial charge in [-0.25, -0.2) is 4.39 Å². The first-order valence-electron chi connectivity index (χ1n) is 7.46. The second-order valence-corrected chi connectivity index (χ2v) is 6.49. The fourth-order valence-corrected chi connectivity index (χ4v) is 2.88. The van der Waals surface area contributed by atoms with E-state index in [4.69, 9.17) is 0 Å². The number of hydrogen-bond acceptors (Lipinski definition) is 3. The third-order valence-electron chi connectivity index (χ3n) is 3.25. The summed E-state index contributed by atoms with van der Waals surface area (Å²) in [7, 11) is 3.37. The molecule has 0 aliphatic rings. The Kier molecular flexibility index (Phi) is 6.37. The van der Waals surface area contributed by atoms with Gasteiger partial charge in [0.15, 0.2) is 0 Å². The summed E-state index contributed by atoms with van der Waals surface area (Å²) < 4.78 is 13.5. The lowest BCUT2D eigenvalue weighted by molar-refractivity contribution is -0.115. The van der Waals surface area contributed by atoms with Gasteiger partial charge < -0.3 is 10.2 Å². The quantitative estimate of drug-likeness (QED) is 0.812. The lowest BCUT2D eigenvalue weighted by Crippen LogP contribution is -2.21. The molecule has 2 rings (SSSR count). The van der Waals surface area contributed by atoms with Crippen LogP contribution in [0.2, 0.25) is 0 Å². The summed E-state index contributed by atoms with van der Waals surface area (Å²) in [6, 6.07) is 13.2. The number of rotatable bonds is 6. The van der Waals surface area contributed by atoms with Crippen molar-refractivity contribution < 1.29 is 14.0 Å². The van der Waals surface area contributed by atoms with Gasteiger partial charge in [0, 0.05) is 42.4 Å². The fourth-order valence-electron chi connectivity index (χ4n) is 1.99. The fraction of sp³-hybridized carbons (Fsp3) is 0.222. The smallest absolute Gasteiger partial charge is 0.253 e. The predicted molar refractivity (Wildman–Crippen MR) is 94.8 cm³/mol. The summed E-state index contributed by atoms with van der Waals surface area (Å²) in [6.07, 6.45) is 0.275. The normalized spacial score (nSPS) is 10.3. The van der Waals surface area contributed by atoms with Gasteiger partial charge in [0.05, 0.1) is 0 Å². The second-order valence-electron chi connectivity index (χ2n) is 5.35. The van der Waals surface area contributed by atoms with Gasteiger partial charge in [-0.2, -0.15) is 0 Å². The Morgan fingerprint density at radius 1 is 1.08 bits per heavy atom. The van der Waals surface area contributed by atoms with Gasteiger partial charge in [0.25, 0.3) is 5.91 Å². The maximum absolute atomic E-state index is 13.5. The molecule has 0 unspecified atom stereocenters. The highest BCUT2D eigenvalue weighted by atomic mass is 32.2. The Morgan fingerprint density at radius 2 is 1.75 bits per heavy atom. The molecule has 0 heterocycles. The van der Waals surface area contributed by atoms with Crippen LogP contribution in [0.25, 0.3) is 0 Å². The topological polar surface area (TPSA) is 49.4 Å². The van der Waals surface area contributed by atoms with E-state index in [9.17, 15) is 14.0 Å². The van der Waals surface area contributed by atoms with Crippen molar-refractivity contribution in [3.63, 3.8) is 0 Å². The van der Waals surface area contributed by atoms with Crippen LogP contribution >= 0.6 is 11.8 Å². The molecule has 0 spiro atoms. The van der Waals surface area contributed by atoms with E-state index in [1.165, 1.54) is 22.7 Å². The van der Waals surface area contributed by atoms with E-state index in [-0.39, 0.29) is 24.1 Å². The van der Waals surface area contributed by atoms with Crippen molar-refractivity contribution in [3.05, 3.63) is 59.9 Å². The minimum Gasteiger partial charge on any atom is -0.345 e. The molecule has 6 heteroatoms. The van der Waals surface area contributed by atoms with Gasteiger partial charge in [0.1, 0.15) is 5.82 Å². The van der Waals surface area contributed by atoms with Gasteiger partial charge in [0.2, 0.25) is 5.91 Å². The SMILES string of the molecule is CN(C)C(=O)c1ccc(NC(=O)CCSc2ccccc2F)cc1. The molecular formula is C18H19FN2O2S. The monoisotopic (exact) mass is 346 g/mol. The van der Waals surface area contributed by atoms with Crippen molar-refractivity contribution in [2.45, 2.75) is 11.3 Å². The molecule has 4 nitrogen and oxygen atoms in total. The number of nitrogens with zero attached hydrogens (tertiary/aromatic N) is 1. The van der Waals surface area contributed by atoms with Crippen LogP contribution in [0.1, 0.15) is 16.8 Å². The molecule has 2 amide bonds. The number of hydrogen-bond donors (Lipinski definition) is 1. The standard InChI is InChI=1S/C18H19FN2O2S/c1-21(2)18(23)13-7-9-14(10-8-13)20-17(22)11-12-24-16-6-4-3-5-15(16)19/h3-10H,11-12H2,1-2H3,(H,20,22). The van der Waals surface area contributed by atoms with Crippen LogP contribution in [0.15, 0.2) is 53.4 Å². The summed E-state index contributed by atoms with van der Waals surface area (Å²) >= 11 is 1.31. The minimum atomic E-state index is -0.274. The van der Waals surface area contributed by atoms with Crippen molar-refractivity contribution in [1.82, 2.24) is 4.90 Å². The molecule has 2 aromatic rings. The molecule has 24 heavy (non-hydrogen) atoms. The predicted octanol–water partition coefficient (Wildman–Crippen LogP) is 3.65. The molecule has 0 aromatic heterocycles. The molecule has 0 fully saturated rings. The second kappa shape index (κ2) is 8.49. The van der Waals surface area contributed by atoms with Crippen LogP contribution in [0.5, 0.6) is 0 Å². The first-order valence-corrected chi connectivity index (χ1v) is 8.45. The molecular weight excluding hydrogens is 327 g/mol. The zero-order valence-electron chi connectivity index (χ0n) is 13.6. The molecule has 1 N–H and O–H groups in total. The van der Waals surface area contributed by atoms with E-state index in [0.717, 1.165) is 0 Å². The number of amides is 2. The van der Waals surface area contributed by atoms with Gasteiger partial charge in [-0.1, -0.05) is 12.1 Å². The minimum absolute atomic E-state index is 0.0887. The van der Waals surface area contributed by atoms with Crippen LogP contribution in [-0.2, 0) is 4.79 Å². The summed E-state index contributed by atoms with van der Waals surface area (Å²) in [5, 5.41) is 2.77. The third kappa shape index (κ3) is 5.09. The van der Waals surface area contributed by atoms with E-state index >= 15 is 0 Å². The van der Waals surface area contributed by atoms with Crippen LogP contribution in [0, 0.1) is 5.82 Å². The van der Waals surface area contributed by atoms with Crippen LogP contribution in [0.3, 0.4) is 0 Å². The van der Waals surface area contributed by atoms with Gasteiger partial charge in [-0.3, -0.25) is 9.59 Å². The Hall–Kier alpha value is -2.34. The number of benzene rings is 2. The molecule has 126 valence electrons. The Morgan fingerprint density at radius 3 is 2.38 bits per heavy atom. The van der Waals surface area contributed by atoms with Gasteiger partial charge in [-0.15, -0.1) is 11.8 Å². The van der Waals surface area contributed by atoms with Crippen molar-refractivity contribution >= 4 is 29.3 Å². The van der Waals surface area contributed by atoms with Crippen LogP contribution < -0.4 is 5.32 Å². The molecule has 0 saturated carbocycles. The van der Waals surface area contributed by atoms with E-state index in [1.54, 1.807) is 56.6 Å². The first kappa shape index (κ1) is 18.0. The molecule has 0 aliphatic carbocycles. The van der Waals surface area contributed by atoms with Crippen LogP contribution in [0.4, 0.5) is 10.1 Å². The Labute approximate surface area is 145 Å². The molecule has 0 saturated heterocycles. The van der Waals surface area contributed by atoms with Crippen molar-refractivity contribution in [2.24, 2.45) is 0 Å². The maximum Gasteiger partial charge on any atom is 0.253 e. The van der Waals surface area contributed by atoms with Crippen molar-refractivity contribution in [2.75, 3.05) is 25.2 Å². The number of halogens is 1. The highest BCUT2D eigenvalue weighted by molar-refractivity contribution is 7.99. The number of nitrogens with one attached hydrogen (secondary N) is 1. The summed E-state index contributed by atoms with van der Waals surface area (Å²) in [6.45, 7) is 0. The van der Waals surface area contributed by atoms with Crippen LogP contribution in [-0.4, -0.2) is 36.6 Å². The van der Waals surface area contributed by atoms with Gasteiger partial charge >= 0.3 is 0 Å². The lowest BCUT2D eigenvalue weighted by atomic mass is 10.2. The highest BCUT2D eigenvalue weighted by Gasteiger charge is 2.09. The zero-order valence-corrected chi connectivity index (χ0v) is 14.4. The maximum atomic E-state index is 13.5. The summed E-state index contributed by atoms with van der Waals surface area (Å²) in [5.41, 5.74) is 1.19.